The Morgan fingerprint density at radius 2 is 1.91 bits per heavy atom. The highest BCUT2D eigenvalue weighted by Gasteiger charge is 2.53. The number of nitrogens with zero attached hydrogens (tertiary/aromatic N) is 4. The zero-order valence-electron chi connectivity index (χ0n) is 32.0. The Morgan fingerprint density at radius 1 is 1.13 bits per heavy atom. The quantitative estimate of drug-likeness (QED) is 0.118. The number of benzene rings is 1. The van der Waals surface area contributed by atoms with Crippen LogP contribution >= 0.6 is 34.2 Å². The van der Waals surface area contributed by atoms with Crippen LogP contribution in [0.1, 0.15) is 122 Å². The summed E-state index contributed by atoms with van der Waals surface area (Å²) in [6, 6.07) is 4.95. The standard InChI is InChI=1S/C39H52IN7O6S2/c1-5-39(36(50)45-55(51,52)38(4)19-20-38)18-10-8-6-7-9-16-28(44-40)35(49)46-22-26(21-31(46)33(48)43-39)53-37-42-32-27(15-12-17-30(32)47(37)24(2)3)34-41-29(23-54-34)25-13-11-14-25/h10,12,15,17-18,23-26,28,31,44H,5-9,11,13-14,16,19-22H2,1-4H3,(H,43,48)(H,45,50)/b18-10-/t26-,28+,31+,39-/m1/s1. The topological polar surface area (TPSA) is 165 Å². The number of amides is 3. The first-order chi connectivity index (χ1) is 26.3. The van der Waals surface area contributed by atoms with Crippen molar-refractivity contribution < 1.29 is 27.5 Å². The van der Waals surface area contributed by atoms with Crippen molar-refractivity contribution in [3.8, 4) is 16.6 Å². The normalized spacial score (nSPS) is 26.9. The Balaban J connectivity index is 1.20. The van der Waals surface area contributed by atoms with Crippen LogP contribution in [0.15, 0.2) is 35.7 Å². The lowest BCUT2D eigenvalue weighted by Gasteiger charge is -2.33. The van der Waals surface area contributed by atoms with E-state index < -0.39 is 50.3 Å². The maximum atomic E-state index is 14.5. The molecule has 0 spiro atoms. The summed E-state index contributed by atoms with van der Waals surface area (Å²) in [7, 11) is -3.98. The van der Waals surface area contributed by atoms with E-state index in [1.807, 2.05) is 51.7 Å². The average Bonchev–Trinajstić information content (AvgIpc) is 3.44. The molecule has 1 saturated heterocycles. The van der Waals surface area contributed by atoms with E-state index in [1.165, 1.54) is 19.3 Å². The molecule has 3 amide bonds. The maximum absolute atomic E-state index is 14.5. The SMILES string of the molecule is CC[C@]1(C(=O)NS(=O)(=O)C2(C)CC2)/C=C\CCCCC[C@H](NI)C(=O)N2C[C@H](Oc3nc4c(-c5nc(C6CCC6)cs5)cccc4n3C(C)C)C[C@H]2C(=O)N1. The number of halogens is 1. The lowest BCUT2D eigenvalue weighted by Crippen LogP contribution is -2.62. The van der Waals surface area contributed by atoms with Crippen molar-refractivity contribution in [2.45, 2.75) is 145 Å². The number of thiazole rings is 1. The number of carbonyl (C=O) groups is 3. The number of carbonyl (C=O) groups excluding carboxylic acids is 3. The van der Waals surface area contributed by atoms with Gasteiger partial charge in [-0.3, -0.25) is 23.7 Å². The van der Waals surface area contributed by atoms with E-state index >= 15 is 0 Å². The van der Waals surface area contributed by atoms with Crippen LogP contribution in [0.4, 0.5) is 0 Å². The Morgan fingerprint density at radius 3 is 2.58 bits per heavy atom. The number of sulfonamides is 1. The van der Waals surface area contributed by atoms with Crippen LogP contribution in [0.25, 0.3) is 21.6 Å². The fourth-order valence-corrected chi connectivity index (χ4v) is 10.6. The third-order valence-corrected chi connectivity index (χ3v) is 15.7. The summed E-state index contributed by atoms with van der Waals surface area (Å²) in [5.74, 6) is -1.06. The summed E-state index contributed by atoms with van der Waals surface area (Å²) < 4.78 is 39.6. The predicted octanol–water partition coefficient (Wildman–Crippen LogP) is 6.45. The molecule has 3 N–H and O–H groups in total. The van der Waals surface area contributed by atoms with E-state index in [4.69, 9.17) is 14.7 Å². The van der Waals surface area contributed by atoms with Gasteiger partial charge in [-0.25, -0.2) is 16.9 Å². The van der Waals surface area contributed by atoms with Crippen LogP contribution in [-0.4, -0.2) is 80.6 Å². The van der Waals surface area contributed by atoms with Gasteiger partial charge in [0.2, 0.25) is 21.8 Å². The molecule has 4 atom stereocenters. The van der Waals surface area contributed by atoms with E-state index in [1.54, 1.807) is 36.2 Å². The molecule has 2 saturated carbocycles. The lowest BCUT2D eigenvalue weighted by molar-refractivity contribution is -0.141. The Bertz CT molecular complexity index is 2070. The fraction of sp³-hybridized carbons (Fsp3) is 0.615. The largest absolute Gasteiger partial charge is 0.459 e. The van der Waals surface area contributed by atoms with Gasteiger partial charge in [0.05, 0.1) is 28.5 Å². The molecular formula is C39H52IN7O6S2. The van der Waals surface area contributed by atoms with Gasteiger partial charge >= 0.3 is 0 Å². The number of aromatic nitrogens is 3. The Hall–Kier alpha value is -3.09. The molecule has 1 aromatic carbocycles. The number of hydrogen-bond donors (Lipinski definition) is 3. The summed E-state index contributed by atoms with van der Waals surface area (Å²) in [4.78, 5) is 54.3. The molecule has 3 aromatic rings. The summed E-state index contributed by atoms with van der Waals surface area (Å²) in [5.41, 5.74) is 2.11. The highest BCUT2D eigenvalue weighted by Crippen LogP contribution is 2.43. The van der Waals surface area contributed by atoms with Gasteiger partial charge < -0.3 is 15.0 Å². The van der Waals surface area contributed by atoms with Gasteiger partial charge in [-0.1, -0.05) is 44.4 Å². The van der Waals surface area contributed by atoms with Crippen LogP contribution < -0.4 is 18.3 Å². The lowest BCUT2D eigenvalue weighted by atomic mass is 9.83. The molecule has 4 heterocycles. The highest BCUT2D eigenvalue weighted by atomic mass is 127. The number of ether oxygens (including phenoxy) is 1. The predicted molar refractivity (Wildman–Crippen MR) is 221 cm³/mol. The summed E-state index contributed by atoms with van der Waals surface area (Å²) in [6.45, 7) is 7.61. The van der Waals surface area contributed by atoms with Crippen molar-refractivity contribution in [3.05, 3.63) is 41.4 Å². The van der Waals surface area contributed by atoms with Gasteiger partial charge in [0.25, 0.3) is 11.9 Å². The van der Waals surface area contributed by atoms with Crippen LogP contribution in [0.3, 0.4) is 0 Å². The minimum absolute atomic E-state index is 0.0120. The number of rotatable bonds is 10. The molecule has 13 nitrogen and oxygen atoms in total. The van der Waals surface area contributed by atoms with Crippen molar-refractivity contribution in [1.82, 2.24) is 33.0 Å². The average molecular weight is 906 g/mol. The molecule has 2 aliphatic carbocycles. The van der Waals surface area contributed by atoms with Crippen LogP contribution in [0.5, 0.6) is 6.01 Å². The second kappa shape index (κ2) is 16.0. The zero-order chi connectivity index (χ0) is 39.1. The van der Waals surface area contributed by atoms with Crippen molar-refractivity contribution in [2.24, 2.45) is 0 Å². The minimum Gasteiger partial charge on any atom is -0.459 e. The van der Waals surface area contributed by atoms with E-state index in [2.05, 4.69) is 32.8 Å². The second-order valence-corrected chi connectivity index (χ2v) is 19.8. The van der Waals surface area contributed by atoms with E-state index in [-0.39, 0.29) is 31.3 Å². The number of allylic oxidation sites excluding steroid dienone is 1. The molecule has 16 heteroatoms. The first-order valence-corrected chi connectivity index (χ1v) is 23.1. The smallest absolute Gasteiger partial charge is 0.297 e. The first kappa shape index (κ1) is 40.1. The van der Waals surface area contributed by atoms with Gasteiger partial charge in [0.15, 0.2) is 0 Å². The van der Waals surface area contributed by atoms with Crippen molar-refractivity contribution >= 4 is 73.0 Å². The van der Waals surface area contributed by atoms with Gasteiger partial charge in [0.1, 0.15) is 28.2 Å². The van der Waals surface area contributed by atoms with Gasteiger partial charge in [-0.2, -0.15) is 4.98 Å². The van der Waals surface area contributed by atoms with E-state index in [0.717, 1.165) is 46.6 Å². The second-order valence-electron chi connectivity index (χ2n) is 16.1. The van der Waals surface area contributed by atoms with Gasteiger partial charge in [-0.05, 0) is 84.3 Å². The number of hydrogen-bond acceptors (Lipinski definition) is 10. The third-order valence-electron chi connectivity index (χ3n) is 11.9. The molecule has 0 radical (unpaired) electrons. The molecule has 7 rings (SSSR count). The third kappa shape index (κ3) is 7.93. The summed E-state index contributed by atoms with van der Waals surface area (Å²) in [5, 5.41) is 6.01. The Labute approximate surface area is 341 Å². The fourth-order valence-electron chi connectivity index (χ4n) is 7.80. The number of imidazole rings is 1. The van der Waals surface area contributed by atoms with E-state index in [0.29, 0.717) is 37.6 Å². The van der Waals surface area contributed by atoms with Crippen LogP contribution in [0, 0.1) is 0 Å². The maximum Gasteiger partial charge on any atom is 0.297 e. The number of para-hydroxylation sites is 1. The summed E-state index contributed by atoms with van der Waals surface area (Å²) in [6.07, 6.45) is 11.4. The molecule has 0 bridgehead atoms. The first-order valence-electron chi connectivity index (χ1n) is 19.7. The molecule has 298 valence electrons. The number of fused-ring (bicyclic) bond motifs is 2. The Kier molecular flexibility index (Phi) is 11.7. The van der Waals surface area contributed by atoms with Gasteiger partial charge in [0, 0.05) is 52.2 Å². The molecule has 2 aromatic heterocycles. The molecular weight excluding hydrogens is 854 g/mol. The van der Waals surface area contributed by atoms with Crippen LogP contribution in [-0.2, 0) is 24.4 Å². The molecule has 0 unspecified atom stereocenters. The molecule has 4 aliphatic rings. The monoisotopic (exact) mass is 905 g/mol. The van der Waals surface area contributed by atoms with Crippen molar-refractivity contribution in [3.63, 3.8) is 0 Å². The molecule has 55 heavy (non-hydrogen) atoms. The van der Waals surface area contributed by atoms with Gasteiger partial charge in [-0.15, -0.1) is 11.3 Å². The van der Waals surface area contributed by atoms with Crippen molar-refractivity contribution in [1.29, 1.82) is 0 Å². The van der Waals surface area contributed by atoms with Crippen LogP contribution in [0.2, 0.25) is 0 Å². The summed E-state index contributed by atoms with van der Waals surface area (Å²) >= 11 is 3.63. The number of nitrogens with one attached hydrogen (secondary N) is 3. The van der Waals surface area contributed by atoms with Crippen molar-refractivity contribution in [2.75, 3.05) is 6.54 Å². The molecule has 3 fully saturated rings. The minimum atomic E-state index is -3.98. The molecule has 2 aliphatic heterocycles. The van der Waals surface area contributed by atoms with E-state index in [9.17, 15) is 22.8 Å². The zero-order valence-corrected chi connectivity index (χ0v) is 35.8. The highest BCUT2D eigenvalue weighted by molar-refractivity contribution is 14.1.